The molecule has 3 saturated carbocycles. The van der Waals surface area contributed by atoms with Crippen LogP contribution in [0.4, 0.5) is 0 Å². The molecule has 2 nitrogen and oxygen atoms in total. The van der Waals surface area contributed by atoms with Crippen LogP contribution in [0.5, 0.6) is 0 Å². The van der Waals surface area contributed by atoms with Gasteiger partial charge in [0.1, 0.15) is 0 Å². The highest BCUT2D eigenvalue weighted by atomic mass is 28.4. The summed E-state index contributed by atoms with van der Waals surface area (Å²) in [5, 5.41) is 0. The molecular weight excluding hydrogens is 304 g/mol. The number of hydrogen-bond donors (Lipinski definition) is 1. The number of hydrogen-bond acceptors (Lipinski definition) is 2. The van der Waals surface area contributed by atoms with Gasteiger partial charge in [-0.2, -0.15) is 0 Å². The Morgan fingerprint density at radius 2 is 0.909 bits per heavy atom. The lowest BCUT2D eigenvalue weighted by molar-refractivity contribution is 0.334. The van der Waals surface area contributed by atoms with Crippen LogP contribution in [0.3, 0.4) is 0 Å². The lowest BCUT2D eigenvalue weighted by Crippen LogP contribution is -2.41. The largest absolute Gasteiger partial charge is 0.440 e. The van der Waals surface area contributed by atoms with E-state index in [0.29, 0.717) is 5.54 Å². The minimum absolute atomic E-state index is 0.580. The van der Waals surface area contributed by atoms with Crippen LogP contribution in [-0.4, -0.2) is 23.1 Å². The fourth-order valence-corrected chi connectivity index (χ4v) is 13.2. The van der Waals surface area contributed by atoms with E-state index in [1.165, 1.54) is 96.3 Å². The maximum atomic E-state index is 10.9. The molecule has 0 aliphatic heterocycles. The van der Waals surface area contributed by atoms with Gasteiger partial charge in [0, 0.05) is 0 Å². The highest BCUT2D eigenvalue weighted by Gasteiger charge is 2.37. The summed E-state index contributed by atoms with van der Waals surface area (Å²) in [6.45, 7) is 0. The van der Waals surface area contributed by atoms with E-state index in [2.05, 4.69) is 0 Å². The summed E-state index contributed by atoms with van der Waals surface area (Å²) in [6.07, 6.45) is 20.8. The van der Waals surface area contributed by atoms with Crippen molar-refractivity contribution in [1.82, 2.24) is 0 Å². The molecule has 128 valence electrons. The van der Waals surface area contributed by atoms with Crippen molar-refractivity contribution in [2.45, 2.75) is 113 Å². The van der Waals surface area contributed by atoms with E-state index >= 15 is 0 Å². The first-order valence-electron chi connectivity index (χ1n) is 10.2. The smallest absolute Gasteiger partial charge is 0.311 e. The monoisotopic (exact) mass is 340 g/mol. The van der Waals surface area contributed by atoms with Crippen LogP contribution in [0.2, 0.25) is 16.6 Å². The second-order valence-electron chi connectivity index (χ2n) is 8.19. The van der Waals surface area contributed by atoms with Crippen LogP contribution in [0, 0.1) is 0 Å². The number of rotatable bonds is 5. The van der Waals surface area contributed by atoms with Crippen molar-refractivity contribution in [2.75, 3.05) is 0 Å². The predicted molar refractivity (Wildman–Crippen MR) is 98.1 cm³/mol. The average Bonchev–Trinajstić information content (AvgIpc) is 2.62. The third-order valence-electron chi connectivity index (χ3n) is 6.58. The summed E-state index contributed by atoms with van der Waals surface area (Å²) < 4.78 is 6.70. The lowest BCUT2D eigenvalue weighted by atomic mass is 9.99. The Balaban J connectivity index is 1.61. The lowest BCUT2D eigenvalue weighted by Gasteiger charge is -2.39. The van der Waals surface area contributed by atoms with Gasteiger partial charge in [0.25, 0.3) is 0 Å². The van der Waals surface area contributed by atoms with Crippen molar-refractivity contribution in [2.24, 2.45) is 0 Å². The molecule has 0 amide bonds. The molecule has 0 aromatic rings. The minimum atomic E-state index is -1.92. The fourth-order valence-electron chi connectivity index (χ4n) is 5.22. The Hall–Kier alpha value is 0.354. The summed E-state index contributed by atoms with van der Waals surface area (Å²) in [4.78, 5) is 10.9. The van der Waals surface area contributed by atoms with Crippen LogP contribution >= 0.6 is 0 Å². The highest BCUT2D eigenvalue weighted by Crippen LogP contribution is 2.43. The molecule has 3 aliphatic rings. The third-order valence-corrected chi connectivity index (χ3v) is 13.6. The zero-order chi connectivity index (χ0) is 15.2. The summed E-state index contributed by atoms with van der Waals surface area (Å²) in [5.41, 5.74) is 2.36. The maximum Gasteiger partial charge on any atom is 0.311 e. The Morgan fingerprint density at radius 1 is 0.545 bits per heavy atom. The molecule has 0 spiro atoms. The van der Waals surface area contributed by atoms with E-state index in [-0.39, 0.29) is 0 Å². The molecule has 3 fully saturated rings. The molecule has 3 aliphatic carbocycles. The standard InChI is InChI=1S/C18H36O2Si2/c19-22(18-14-8-3-9-15-18)20-21(16-10-4-1-5-11-16)17-12-6-2-7-13-17/h16-19,21-22H,1-15H2. The van der Waals surface area contributed by atoms with Gasteiger partial charge in [0.15, 0.2) is 9.04 Å². The van der Waals surface area contributed by atoms with Gasteiger partial charge in [-0.15, -0.1) is 0 Å². The zero-order valence-electron chi connectivity index (χ0n) is 14.3. The molecular formula is C18H36O2Si2. The molecule has 3 rings (SSSR count). The van der Waals surface area contributed by atoms with E-state index in [1.807, 2.05) is 0 Å². The topological polar surface area (TPSA) is 29.5 Å². The van der Waals surface area contributed by atoms with E-state index in [1.54, 1.807) is 0 Å². The van der Waals surface area contributed by atoms with Crippen LogP contribution in [0.15, 0.2) is 0 Å². The predicted octanol–water partition coefficient (Wildman–Crippen LogP) is 4.94. The summed E-state index contributed by atoms with van der Waals surface area (Å²) in [5.74, 6) is 0. The molecule has 1 unspecified atom stereocenters. The van der Waals surface area contributed by atoms with Crippen LogP contribution in [-0.2, 0) is 4.12 Å². The van der Waals surface area contributed by atoms with Crippen molar-refractivity contribution in [3.63, 3.8) is 0 Å². The second-order valence-corrected chi connectivity index (χ2v) is 13.8. The van der Waals surface area contributed by atoms with Crippen molar-refractivity contribution in [1.29, 1.82) is 0 Å². The Labute approximate surface area is 140 Å². The van der Waals surface area contributed by atoms with Crippen LogP contribution in [0.25, 0.3) is 0 Å². The summed E-state index contributed by atoms with van der Waals surface area (Å²) >= 11 is 0. The van der Waals surface area contributed by atoms with Gasteiger partial charge >= 0.3 is 9.28 Å². The molecule has 0 radical (unpaired) electrons. The first-order valence-corrected chi connectivity index (χ1v) is 13.6. The SMILES string of the molecule is O[SiH](O[SiH](C1CCCCC1)C1CCCCC1)C1CCCCC1. The molecule has 0 aromatic heterocycles. The van der Waals surface area contributed by atoms with Gasteiger partial charge < -0.3 is 8.91 Å². The third kappa shape index (κ3) is 4.68. The molecule has 1 N–H and O–H groups in total. The van der Waals surface area contributed by atoms with Crippen molar-refractivity contribution >= 4 is 18.3 Å². The average molecular weight is 341 g/mol. The summed E-state index contributed by atoms with van der Waals surface area (Å²) in [7, 11) is -3.14. The normalized spacial score (nSPS) is 28.1. The highest BCUT2D eigenvalue weighted by molar-refractivity contribution is 6.65. The first kappa shape index (κ1) is 17.2. The van der Waals surface area contributed by atoms with Crippen molar-refractivity contribution < 1.29 is 8.91 Å². The second kappa shape index (κ2) is 9.00. The minimum Gasteiger partial charge on any atom is -0.440 e. The van der Waals surface area contributed by atoms with Gasteiger partial charge in [0.05, 0.1) is 0 Å². The van der Waals surface area contributed by atoms with Crippen LogP contribution < -0.4 is 0 Å². The first-order chi connectivity index (χ1) is 10.8. The van der Waals surface area contributed by atoms with Gasteiger partial charge in [0.2, 0.25) is 0 Å². The quantitative estimate of drug-likeness (QED) is 0.718. The van der Waals surface area contributed by atoms with E-state index < -0.39 is 18.3 Å². The maximum absolute atomic E-state index is 10.9. The van der Waals surface area contributed by atoms with Gasteiger partial charge in [-0.3, -0.25) is 0 Å². The summed E-state index contributed by atoms with van der Waals surface area (Å²) in [6, 6.07) is 0. The van der Waals surface area contributed by atoms with Gasteiger partial charge in [-0.25, -0.2) is 0 Å². The Kier molecular flexibility index (Phi) is 7.03. The van der Waals surface area contributed by atoms with Crippen molar-refractivity contribution in [3.05, 3.63) is 0 Å². The molecule has 0 aromatic carbocycles. The molecule has 4 heteroatoms. The Morgan fingerprint density at radius 3 is 1.32 bits per heavy atom. The molecule has 22 heavy (non-hydrogen) atoms. The molecule has 0 saturated heterocycles. The Bertz CT molecular complexity index is 290. The van der Waals surface area contributed by atoms with E-state index in [0.717, 1.165) is 11.1 Å². The fraction of sp³-hybridized carbons (Fsp3) is 1.00. The van der Waals surface area contributed by atoms with E-state index in [9.17, 15) is 4.80 Å². The van der Waals surface area contributed by atoms with Crippen molar-refractivity contribution in [3.8, 4) is 0 Å². The molecule has 1 atom stereocenters. The molecule has 0 bridgehead atoms. The van der Waals surface area contributed by atoms with E-state index in [4.69, 9.17) is 4.12 Å². The van der Waals surface area contributed by atoms with Gasteiger partial charge in [-0.1, -0.05) is 83.5 Å². The van der Waals surface area contributed by atoms with Crippen LogP contribution in [0.1, 0.15) is 96.3 Å². The zero-order valence-corrected chi connectivity index (χ0v) is 16.7. The molecule has 0 heterocycles. The van der Waals surface area contributed by atoms with Gasteiger partial charge in [-0.05, 0) is 29.5 Å².